The number of amides is 4. The average Bonchev–Trinajstić information content (AvgIpc) is 3.65. The third-order valence-electron chi connectivity index (χ3n) is 9.67. The molecule has 3 rings (SSSR count). The maximum absolute atomic E-state index is 13.2. The molecule has 2 aromatic rings. The second-order valence-electron chi connectivity index (χ2n) is 15.8. The van der Waals surface area contributed by atoms with E-state index in [0.29, 0.717) is 110 Å². The SMILES string of the molecule is CCN(C(=O)Cn1cccc1C(=O)NC1CCC(C(=O)NCCCCCC(=O)NCCOCCOCCOCCOCCC(=O)OC(C)(C)C)CC1)c1cccc(C)c1. The number of ether oxygens (including phenoxy) is 5. The van der Waals surface area contributed by atoms with E-state index in [-0.39, 0.29) is 54.5 Å². The minimum atomic E-state index is -0.493. The van der Waals surface area contributed by atoms with E-state index in [9.17, 15) is 24.0 Å². The number of benzene rings is 1. The molecule has 1 aromatic carbocycles. The van der Waals surface area contributed by atoms with Gasteiger partial charge < -0.3 is 49.1 Å². The van der Waals surface area contributed by atoms with Gasteiger partial charge >= 0.3 is 5.97 Å². The van der Waals surface area contributed by atoms with Crippen molar-refractivity contribution in [2.24, 2.45) is 5.92 Å². The number of likely N-dealkylation sites (N-methyl/N-ethyl adjacent to an activating group) is 1. The van der Waals surface area contributed by atoms with Gasteiger partial charge in [0.1, 0.15) is 17.8 Å². The smallest absolute Gasteiger partial charge is 0.308 e. The minimum absolute atomic E-state index is 0.0216. The number of rotatable bonds is 28. The monoisotopic (exact) mass is 828 g/mol. The quantitative estimate of drug-likeness (QED) is 0.0804. The highest BCUT2D eigenvalue weighted by Gasteiger charge is 2.28. The van der Waals surface area contributed by atoms with Crippen LogP contribution in [0.25, 0.3) is 0 Å². The van der Waals surface area contributed by atoms with Crippen LogP contribution < -0.4 is 20.9 Å². The van der Waals surface area contributed by atoms with Crippen molar-refractivity contribution in [3.8, 4) is 0 Å². The maximum atomic E-state index is 13.2. The summed E-state index contributed by atoms with van der Waals surface area (Å²) in [7, 11) is 0. The van der Waals surface area contributed by atoms with Gasteiger partial charge in [0.05, 0.1) is 59.3 Å². The second kappa shape index (κ2) is 27.4. The van der Waals surface area contributed by atoms with Gasteiger partial charge in [-0.15, -0.1) is 0 Å². The van der Waals surface area contributed by atoms with Gasteiger partial charge in [-0.05, 0) is 103 Å². The molecule has 1 heterocycles. The Morgan fingerprint density at radius 1 is 0.763 bits per heavy atom. The number of unbranched alkanes of at least 4 members (excludes halogenated alkanes) is 2. The highest BCUT2D eigenvalue weighted by molar-refractivity contribution is 5.96. The van der Waals surface area contributed by atoms with E-state index >= 15 is 0 Å². The lowest BCUT2D eigenvalue weighted by Crippen LogP contribution is -2.42. The number of nitrogens with zero attached hydrogens (tertiary/aromatic N) is 2. The fourth-order valence-electron chi connectivity index (χ4n) is 6.65. The van der Waals surface area contributed by atoms with Crippen LogP contribution in [0.1, 0.15) is 102 Å². The predicted octanol–water partition coefficient (Wildman–Crippen LogP) is 4.73. The Morgan fingerprint density at radius 2 is 1.42 bits per heavy atom. The molecule has 0 atom stereocenters. The Bertz CT molecular complexity index is 1570. The Balaban J connectivity index is 1.13. The van der Waals surface area contributed by atoms with E-state index in [4.69, 9.17) is 23.7 Å². The number of anilines is 1. The zero-order chi connectivity index (χ0) is 42.9. The first kappa shape index (κ1) is 49.1. The lowest BCUT2D eigenvalue weighted by Gasteiger charge is -2.28. The molecule has 15 nitrogen and oxygen atoms in total. The van der Waals surface area contributed by atoms with Crippen LogP contribution in [-0.2, 0) is 49.4 Å². The van der Waals surface area contributed by atoms with Gasteiger partial charge in [-0.1, -0.05) is 18.6 Å². The topological polar surface area (TPSA) is 176 Å². The first-order valence-corrected chi connectivity index (χ1v) is 21.3. The van der Waals surface area contributed by atoms with Gasteiger partial charge in [0, 0.05) is 49.9 Å². The van der Waals surface area contributed by atoms with Crippen LogP contribution in [0.15, 0.2) is 42.6 Å². The second-order valence-corrected chi connectivity index (χ2v) is 15.8. The van der Waals surface area contributed by atoms with E-state index in [2.05, 4.69) is 16.0 Å². The maximum Gasteiger partial charge on any atom is 0.308 e. The van der Waals surface area contributed by atoms with Crippen molar-refractivity contribution in [3.05, 3.63) is 53.9 Å². The third kappa shape index (κ3) is 20.5. The van der Waals surface area contributed by atoms with Gasteiger partial charge in [-0.3, -0.25) is 24.0 Å². The molecule has 0 unspecified atom stereocenters. The standard InChI is InChI=1S/C44H69N5O10/c1-6-49(37-13-10-12-34(2)32-37)40(51)33-48-23-11-14-38(48)43(54)47-36-18-16-35(17-19-36)42(53)46-21-9-7-8-15-39(50)45-22-25-56-27-29-58-31-30-57-28-26-55-24-20-41(52)59-44(3,4)5/h10-14,23,32,35-36H,6-9,15-22,24-31,33H2,1-5H3,(H,45,50)(H,46,53)(H,47,54). The summed E-state index contributed by atoms with van der Waals surface area (Å²) in [6.07, 6.45) is 7.58. The number of aryl methyl sites for hydroxylation is 1. The molecule has 0 aliphatic heterocycles. The number of hydrogen-bond donors (Lipinski definition) is 3. The molecule has 1 aliphatic rings. The molecule has 15 heteroatoms. The number of hydrogen-bond acceptors (Lipinski definition) is 10. The molecule has 0 spiro atoms. The molecule has 0 bridgehead atoms. The summed E-state index contributed by atoms with van der Waals surface area (Å²) in [4.78, 5) is 64.7. The molecule has 1 aromatic heterocycles. The molecule has 1 saturated carbocycles. The van der Waals surface area contributed by atoms with Gasteiger partial charge in [-0.2, -0.15) is 0 Å². The first-order chi connectivity index (χ1) is 28.4. The van der Waals surface area contributed by atoms with Crippen molar-refractivity contribution in [2.75, 3.05) is 77.4 Å². The number of nitrogens with one attached hydrogen (secondary N) is 3. The average molecular weight is 828 g/mol. The zero-order valence-electron chi connectivity index (χ0n) is 36.0. The summed E-state index contributed by atoms with van der Waals surface area (Å²) in [5.74, 6) is -0.649. The van der Waals surface area contributed by atoms with Crippen molar-refractivity contribution in [3.63, 3.8) is 0 Å². The van der Waals surface area contributed by atoms with Crippen LogP contribution in [0.5, 0.6) is 0 Å². The highest BCUT2D eigenvalue weighted by atomic mass is 16.6. The van der Waals surface area contributed by atoms with Crippen molar-refractivity contribution in [1.29, 1.82) is 0 Å². The Morgan fingerprint density at radius 3 is 2.07 bits per heavy atom. The lowest BCUT2D eigenvalue weighted by atomic mass is 9.85. The van der Waals surface area contributed by atoms with E-state index in [1.807, 2.05) is 58.9 Å². The van der Waals surface area contributed by atoms with Crippen LogP contribution in [0.3, 0.4) is 0 Å². The summed E-state index contributed by atoms with van der Waals surface area (Å²) in [6.45, 7) is 14.2. The minimum Gasteiger partial charge on any atom is -0.460 e. The van der Waals surface area contributed by atoms with E-state index in [1.54, 1.807) is 27.8 Å². The third-order valence-corrected chi connectivity index (χ3v) is 9.67. The summed E-state index contributed by atoms with van der Waals surface area (Å²) in [5, 5.41) is 9.03. The molecular formula is C44H69N5O10. The molecule has 1 fully saturated rings. The number of aromatic nitrogens is 1. The summed E-state index contributed by atoms with van der Waals surface area (Å²) in [5.41, 5.74) is 1.86. The zero-order valence-corrected chi connectivity index (χ0v) is 36.0. The van der Waals surface area contributed by atoms with E-state index < -0.39 is 5.60 Å². The molecule has 3 N–H and O–H groups in total. The summed E-state index contributed by atoms with van der Waals surface area (Å²) in [6, 6.07) is 11.3. The van der Waals surface area contributed by atoms with Crippen LogP contribution in [0.4, 0.5) is 5.69 Å². The number of esters is 1. The van der Waals surface area contributed by atoms with Crippen LogP contribution in [0.2, 0.25) is 0 Å². The van der Waals surface area contributed by atoms with E-state index in [1.165, 1.54) is 0 Å². The van der Waals surface area contributed by atoms with Gasteiger partial charge in [-0.25, -0.2) is 0 Å². The van der Waals surface area contributed by atoms with Crippen LogP contribution in [0, 0.1) is 12.8 Å². The van der Waals surface area contributed by atoms with Crippen molar-refractivity contribution in [2.45, 2.75) is 111 Å². The Labute approximate surface area is 350 Å². The molecule has 330 valence electrons. The van der Waals surface area contributed by atoms with Crippen molar-refractivity contribution in [1.82, 2.24) is 20.5 Å². The molecule has 1 aliphatic carbocycles. The fourth-order valence-corrected chi connectivity index (χ4v) is 6.65. The van der Waals surface area contributed by atoms with Crippen LogP contribution >= 0.6 is 0 Å². The van der Waals surface area contributed by atoms with Crippen molar-refractivity contribution >= 4 is 35.3 Å². The Hall–Kier alpha value is -4.31. The number of carbonyl (C=O) groups is 5. The molecule has 59 heavy (non-hydrogen) atoms. The van der Waals surface area contributed by atoms with Gasteiger partial charge in [0.2, 0.25) is 17.7 Å². The fraction of sp³-hybridized carbons (Fsp3) is 0.659. The van der Waals surface area contributed by atoms with Crippen molar-refractivity contribution < 1.29 is 47.7 Å². The lowest BCUT2D eigenvalue weighted by molar-refractivity contribution is -0.156. The molecular weight excluding hydrogens is 759 g/mol. The first-order valence-electron chi connectivity index (χ1n) is 21.3. The normalized spacial score (nSPS) is 15.3. The summed E-state index contributed by atoms with van der Waals surface area (Å²) < 4.78 is 28.7. The summed E-state index contributed by atoms with van der Waals surface area (Å²) >= 11 is 0. The Kier molecular flexibility index (Phi) is 22.8. The highest BCUT2D eigenvalue weighted by Crippen LogP contribution is 2.25. The van der Waals surface area contributed by atoms with Gasteiger partial charge in [0.25, 0.3) is 5.91 Å². The predicted molar refractivity (Wildman–Crippen MR) is 225 cm³/mol. The number of carbonyl (C=O) groups excluding carboxylic acids is 5. The molecule has 0 saturated heterocycles. The molecule has 0 radical (unpaired) electrons. The van der Waals surface area contributed by atoms with Gasteiger partial charge in [0.15, 0.2) is 0 Å². The largest absolute Gasteiger partial charge is 0.460 e. The van der Waals surface area contributed by atoms with Crippen LogP contribution in [-0.4, -0.2) is 118 Å². The molecule has 4 amide bonds. The van der Waals surface area contributed by atoms with E-state index in [0.717, 1.165) is 30.5 Å².